The molecule has 1 aromatic rings. The first-order valence-electron chi connectivity index (χ1n) is 6.19. The number of nitrogens with zero attached hydrogens (tertiary/aromatic N) is 4. The molecular formula is C11H22N6. The maximum absolute atomic E-state index is 4.55. The van der Waals surface area contributed by atoms with Gasteiger partial charge in [0.25, 0.3) is 0 Å². The number of aromatic amines is 1. The van der Waals surface area contributed by atoms with E-state index in [4.69, 9.17) is 0 Å². The molecule has 0 aromatic carbocycles. The quantitative estimate of drug-likeness (QED) is 0.754. The van der Waals surface area contributed by atoms with Crippen LogP contribution in [0.4, 0.5) is 5.95 Å². The number of anilines is 1. The van der Waals surface area contributed by atoms with Crippen LogP contribution >= 0.6 is 0 Å². The predicted molar refractivity (Wildman–Crippen MR) is 68.3 cm³/mol. The molecule has 1 unspecified atom stereocenters. The Hall–Kier alpha value is -1.14. The molecule has 2 rings (SSSR count). The monoisotopic (exact) mass is 238 g/mol. The smallest absolute Gasteiger partial charge is 0.244 e. The van der Waals surface area contributed by atoms with Crippen LogP contribution in [-0.2, 0) is 6.42 Å². The number of aromatic nitrogens is 3. The Labute approximate surface area is 102 Å². The fourth-order valence-corrected chi connectivity index (χ4v) is 1.98. The number of likely N-dealkylation sites (N-methyl/N-ethyl adjacent to an activating group) is 1. The Morgan fingerprint density at radius 3 is 3.00 bits per heavy atom. The van der Waals surface area contributed by atoms with Crippen LogP contribution in [0, 0.1) is 0 Å². The van der Waals surface area contributed by atoms with E-state index in [1.807, 2.05) is 0 Å². The SMILES string of the molecule is CC1CN(c2n[nH]c(CCN(C)C)n2)CCN1. The van der Waals surface area contributed by atoms with E-state index >= 15 is 0 Å². The van der Waals surface area contributed by atoms with Gasteiger partial charge in [-0.15, -0.1) is 5.10 Å². The fourth-order valence-electron chi connectivity index (χ4n) is 1.98. The second-order valence-corrected chi connectivity index (χ2v) is 4.94. The van der Waals surface area contributed by atoms with Gasteiger partial charge in [-0.1, -0.05) is 0 Å². The molecule has 0 radical (unpaired) electrons. The zero-order valence-corrected chi connectivity index (χ0v) is 10.9. The molecule has 1 saturated heterocycles. The summed E-state index contributed by atoms with van der Waals surface area (Å²) in [7, 11) is 4.13. The third-order valence-corrected chi connectivity index (χ3v) is 2.97. The van der Waals surface area contributed by atoms with Gasteiger partial charge in [-0.25, -0.2) is 0 Å². The first-order chi connectivity index (χ1) is 8.15. The Kier molecular flexibility index (Phi) is 3.96. The van der Waals surface area contributed by atoms with E-state index in [9.17, 15) is 0 Å². The molecule has 1 aliphatic rings. The molecule has 2 heterocycles. The average Bonchev–Trinajstić information content (AvgIpc) is 2.75. The lowest BCUT2D eigenvalue weighted by molar-refractivity contribution is 0.409. The average molecular weight is 238 g/mol. The summed E-state index contributed by atoms with van der Waals surface area (Å²) in [5.41, 5.74) is 0. The van der Waals surface area contributed by atoms with E-state index in [0.29, 0.717) is 6.04 Å². The molecule has 1 fully saturated rings. The lowest BCUT2D eigenvalue weighted by Gasteiger charge is -2.30. The molecule has 0 amide bonds. The van der Waals surface area contributed by atoms with Gasteiger partial charge in [0, 0.05) is 38.6 Å². The van der Waals surface area contributed by atoms with Crippen molar-refractivity contribution in [2.45, 2.75) is 19.4 Å². The molecule has 6 heteroatoms. The van der Waals surface area contributed by atoms with Crippen molar-refractivity contribution in [3.8, 4) is 0 Å². The zero-order valence-electron chi connectivity index (χ0n) is 10.9. The van der Waals surface area contributed by atoms with E-state index in [1.165, 1.54) is 0 Å². The van der Waals surface area contributed by atoms with Crippen LogP contribution in [0.3, 0.4) is 0 Å². The van der Waals surface area contributed by atoms with Crippen LogP contribution in [0.5, 0.6) is 0 Å². The lowest BCUT2D eigenvalue weighted by Crippen LogP contribution is -2.49. The van der Waals surface area contributed by atoms with Crippen LogP contribution in [0.2, 0.25) is 0 Å². The molecule has 6 nitrogen and oxygen atoms in total. The van der Waals surface area contributed by atoms with Gasteiger partial charge in [-0.2, -0.15) is 4.98 Å². The highest BCUT2D eigenvalue weighted by Crippen LogP contribution is 2.10. The molecule has 96 valence electrons. The molecule has 1 aromatic heterocycles. The second-order valence-electron chi connectivity index (χ2n) is 4.94. The fraction of sp³-hybridized carbons (Fsp3) is 0.818. The van der Waals surface area contributed by atoms with Crippen molar-refractivity contribution in [2.24, 2.45) is 0 Å². The summed E-state index contributed by atoms with van der Waals surface area (Å²) in [5, 5.41) is 10.7. The van der Waals surface area contributed by atoms with Gasteiger partial charge in [0.15, 0.2) is 0 Å². The van der Waals surface area contributed by atoms with Crippen molar-refractivity contribution in [2.75, 3.05) is 45.2 Å². The minimum absolute atomic E-state index is 0.507. The van der Waals surface area contributed by atoms with Crippen molar-refractivity contribution in [1.82, 2.24) is 25.4 Å². The number of rotatable bonds is 4. The van der Waals surface area contributed by atoms with Gasteiger partial charge in [0.2, 0.25) is 5.95 Å². The van der Waals surface area contributed by atoms with Crippen LogP contribution in [0.25, 0.3) is 0 Å². The summed E-state index contributed by atoms with van der Waals surface area (Å²) in [4.78, 5) is 8.93. The highest BCUT2D eigenvalue weighted by molar-refractivity contribution is 5.30. The number of piperazine rings is 1. The number of H-pyrrole nitrogens is 1. The summed E-state index contributed by atoms with van der Waals surface area (Å²) in [5.74, 6) is 1.81. The topological polar surface area (TPSA) is 60.1 Å². The highest BCUT2D eigenvalue weighted by Gasteiger charge is 2.19. The third-order valence-electron chi connectivity index (χ3n) is 2.97. The van der Waals surface area contributed by atoms with Gasteiger partial charge < -0.3 is 15.1 Å². The van der Waals surface area contributed by atoms with E-state index in [0.717, 1.165) is 44.4 Å². The van der Waals surface area contributed by atoms with Crippen molar-refractivity contribution in [3.63, 3.8) is 0 Å². The molecule has 0 bridgehead atoms. The maximum Gasteiger partial charge on any atom is 0.244 e. The van der Waals surface area contributed by atoms with Crippen LogP contribution in [0.15, 0.2) is 0 Å². The summed E-state index contributed by atoms with van der Waals surface area (Å²) in [6.45, 7) is 6.14. The first-order valence-corrected chi connectivity index (χ1v) is 6.19. The Morgan fingerprint density at radius 1 is 1.47 bits per heavy atom. The van der Waals surface area contributed by atoms with Gasteiger partial charge in [-0.05, 0) is 21.0 Å². The van der Waals surface area contributed by atoms with E-state index < -0.39 is 0 Å². The number of hydrogen-bond acceptors (Lipinski definition) is 5. The van der Waals surface area contributed by atoms with Gasteiger partial charge in [0.1, 0.15) is 5.82 Å². The Morgan fingerprint density at radius 2 is 2.29 bits per heavy atom. The minimum Gasteiger partial charge on any atom is -0.337 e. The van der Waals surface area contributed by atoms with E-state index in [1.54, 1.807) is 0 Å². The third kappa shape index (κ3) is 3.41. The Balaban J connectivity index is 1.92. The van der Waals surface area contributed by atoms with Crippen LogP contribution in [0.1, 0.15) is 12.7 Å². The van der Waals surface area contributed by atoms with Crippen molar-refractivity contribution in [1.29, 1.82) is 0 Å². The zero-order chi connectivity index (χ0) is 12.3. The predicted octanol–water partition coefficient (Wildman–Crippen LogP) is -0.293. The van der Waals surface area contributed by atoms with Gasteiger partial charge >= 0.3 is 0 Å². The lowest BCUT2D eigenvalue weighted by atomic mass is 10.2. The van der Waals surface area contributed by atoms with Crippen LogP contribution < -0.4 is 10.2 Å². The molecule has 17 heavy (non-hydrogen) atoms. The molecule has 2 N–H and O–H groups in total. The minimum atomic E-state index is 0.507. The maximum atomic E-state index is 4.55. The molecular weight excluding hydrogens is 216 g/mol. The summed E-state index contributed by atoms with van der Waals surface area (Å²) in [6.07, 6.45) is 0.918. The van der Waals surface area contributed by atoms with Gasteiger partial charge in [-0.3, -0.25) is 5.10 Å². The van der Waals surface area contributed by atoms with Crippen molar-refractivity contribution >= 4 is 5.95 Å². The molecule has 0 aliphatic carbocycles. The molecule has 1 aliphatic heterocycles. The normalized spacial score (nSPS) is 21.2. The molecule has 0 saturated carbocycles. The Bertz CT molecular complexity index is 347. The van der Waals surface area contributed by atoms with E-state index in [2.05, 4.69) is 51.3 Å². The van der Waals surface area contributed by atoms with E-state index in [-0.39, 0.29) is 0 Å². The largest absolute Gasteiger partial charge is 0.337 e. The summed E-state index contributed by atoms with van der Waals surface area (Å²) in [6, 6.07) is 0.507. The second kappa shape index (κ2) is 5.46. The standard InChI is InChI=1S/C11H22N6/c1-9-8-17(7-5-12-9)11-13-10(14-15-11)4-6-16(2)3/h9,12H,4-8H2,1-3H3,(H,13,14,15). The summed E-state index contributed by atoms with van der Waals surface area (Å²) < 4.78 is 0. The highest BCUT2D eigenvalue weighted by atomic mass is 15.4. The van der Waals surface area contributed by atoms with Crippen LogP contribution in [-0.4, -0.2) is 66.4 Å². The molecule has 1 atom stereocenters. The number of hydrogen-bond donors (Lipinski definition) is 2. The van der Waals surface area contributed by atoms with Gasteiger partial charge in [0.05, 0.1) is 0 Å². The van der Waals surface area contributed by atoms with Crippen molar-refractivity contribution in [3.05, 3.63) is 5.82 Å². The summed E-state index contributed by atoms with van der Waals surface area (Å²) >= 11 is 0. The first kappa shape index (κ1) is 12.3. The van der Waals surface area contributed by atoms with Crippen molar-refractivity contribution < 1.29 is 0 Å². The number of nitrogens with one attached hydrogen (secondary N) is 2. The molecule has 0 spiro atoms.